The molecule has 0 N–H and O–H groups in total. The van der Waals surface area contributed by atoms with Gasteiger partial charge in [0.1, 0.15) is 18.1 Å². The fourth-order valence-corrected chi connectivity index (χ4v) is 6.25. The minimum atomic E-state index is -0.172. The SMILES string of the molecule is Cc1ccc(COc2cccc(-c3nn(-c4ccccc4)cc3/C=C3\C(=O)N(c4ccccc4)N=C3CSc3ccc(C)cc3)c2)cc1. The van der Waals surface area contributed by atoms with E-state index in [-0.39, 0.29) is 5.91 Å². The van der Waals surface area contributed by atoms with Crippen LogP contribution in [0, 0.1) is 13.8 Å². The number of rotatable bonds is 10. The molecule has 1 aliphatic rings. The highest BCUT2D eigenvalue weighted by molar-refractivity contribution is 8.00. The first-order chi connectivity index (χ1) is 23.5. The van der Waals surface area contributed by atoms with Gasteiger partial charge in [-0.15, -0.1) is 11.8 Å². The van der Waals surface area contributed by atoms with E-state index in [1.54, 1.807) is 11.8 Å². The van der Waals surface area contributed by atoms with Crippen LogP contribution in [0.5, 0.6) is 5.75 Å². The van der Waals surface area contributed by atoms with Crippen molar-refractivity contribution in [3.05, 3.63) is 167 Å². The largest absolute Gasteiger partial charge is 0.489 e. The summed E-state index contributed by atoms with van der Waals surface area (Å²) in [6.45, 7) is 4.61. The zero-order valence-electron chi connectivity index (χ0n) is 26.8. The van der Waals surface area contributed by atoms with Crippen molar-refractivity contribution in [3.8, 4) is 22.7 Å². The number of hydrogen-bond acceptors (Lipinski definition) is 5. The zero-order valence-corrected chi connectivity index (χ0v) is 27.6. The molecule has 2 heterocycles. The minimum absolute atomic E-state index is 0.172. The van der Waals surface area contributed by atoms with Crippen LogP contribution >= 0.6 is 11.8 Å². The zero-order chi connectivity index (χ0) is 32.9. The molecule has 0 saturated heterocycles. The second kappa shape index (κ2) is 14.0. The standard InChI is InChI=1S/C41H34N4O2S/c1-29-16-20-31(21-17-29)27-47-36-15-9-10-32(24-36)40-33(26-44(43-40)34-11-5-3-6-12-34)25-38-39(28-48-37-22-18-30(2)19-23-37)42-45(41(38)46)35-13-7-4-8-14-35/h3-26H,27-28H2,1-2H3/b38-25-. The molecule has 0 atom stereocenters. The Morgan fingerprint density at radius 1 is 0.750 bits per heavy atom. The van der Waals surface area contributed by atoms with Crippen LogP contribution in [-0.2, 0) is 11.4 Å². The van der Waals surface area contributed by atoms with E-state index in [9.17, 15) is 4.79 Å². The second-order valence-corrected chi connectivity index (χ2v) is 12.7. The van der Waals surface area contributed by atoms with Crippen LogP contribution in [0.3, 0.4) is 0 Å². The van der Waals surface area contributed by atoms with E-state index in [2.05, 4.69) is 62.4 Å². The van der Waals surface area contributed by atoms with Crippen LogP contribution in [0.1, 0.15) is 22.3 Å². The first-order valence-corrected chi connectivity index (χ1v) is 16.8. The predicted octanol–water partition coefficient (Wildman–Crippen LogP) is 9.31. The number of ether oxygens (including phenoxy) is 1. The van der Waals surface area contributed by atoms with E-state index >= 15 is 0 Å². The lowest BCUT2D eigenvalue weighted by molar-refractivity contribution is -0.114. The predicted molar refractivity (Wildman–Crippen MR) is 196 cm³/mol. The molecule has 7 rings (SSSR count). The number of thioether (sulfide) groups is 1. The Balaban J connectivity index is 1.26. The van der Waals surface area contributed by atoms with Crippen molar-refractivity contribution in [2.24, 2.45) is 5.10 Å². The summed E-state index contributed by atoms with van der Waals surface area (Å²) in [4.78, 5) is 15.2. The lowest BCUT2D eigenvalue weighted by Gasteiger charge is -2.11. The molecule has 1 aromatic heterocycles. The van der Waals surface area contributed by atoms with Crippen LogP contribution in [0.4, 0.5) is 5.69 Å². The van der Waals surface area contributed by atoms with Gasteiger partial charge in [-0.2, -0.15) is 15.2 Å². The number of para-hydroxylation sites is 2. The van der Waals surface area contributed by atoms with Crippen LogP contribution in [0.2, 0.25) is 0 Å². The molecule has 5 aromatic carbocycles. The summed E-state index contributed by atoms with van der Waals surface area (Å²) in [6.07, 6.45) is 3.90. The van der Waals surface area contributed by atoms with Crippen molar-refractivity contribution in [1.82, 2.24) is 9.78 Å². The quantitative estimate of drug-likeness (QED) is 0.110. The summed E-state index contributed by atoms with van der Waals surface area (Å²) >= 11 is 1.66. The molecule has 236 valence electrons. The lowest BCUT2D eigenvalue weighted by atomic mass is 10.0. The van der Waals surface area contributed by atoms with Crippen molar-refractivity contribution in [2.45, 2.75) is 25.3 Å². The number of carbonyl (C=O) groups excluding carboxylic acids is 1. The smallest absolute Gasteiger partial charge is 0.280 e. The molecule has 0 bridgehead atoms. The summed E-state index contributed by atoms with van der Waals surface area (Å²) in [7, 11) is 0. The fourth-order valence-electron chi connectivity index (χ4n) is 5.41. The van der Waals surface area contributed by atoms with Gasteiger partial charge >= 0.3 is 0 Å². The van der Waals surface area contributed by atoms with Crippen molar-refractivity contribution < 1.29 is 9.53 Å². The van der Waals surface area contributed by atoms with Crippen molar-refractivity contribution in [3.63, 3.8) is 0 Å². The maximum absolute atomic E-state index is 14.1. The number of nitrogens with zero attached hydrogens (tertiary/aromatic N) is 4. The highest BCUT2D eigenvalue weighted by atomic mass is 32.2. The normalized spacial score (nSPS) is 13.6. The first-order valence-electron chi connectivity index (χ1n) is 15.8. The van der Waals surface area contributed by atoms with Gasteiger partial charge in [0.15, 0.2) is 0 Å². The Labute approximate surface area is 285 Å². The molecule has 1 amide bonds. The highest BCUT2D eigenvalue weighted by Crippen LogP contribution is 2.33. The van der Waals surface area contributed by atoms with Gasteiger partial charge in [0.25, 0.3) is 5.91 Å². The maximum Gasteiger partial charge on any atom is 0.280 e. The molecule has 0 radical (unpaired) electrons. The monoisotopic (exact) mass is 646 g/mol. The van der Waals surface area contributed by atoms with Gasteiger partial charge < -0.3 is 4.74 Å². The molecular weight excluding hydrogens is 613 g/mol. The first kappa shape index (κ1) is 31.0. The van der Waals surface area contributed by atoms with Gasteiger partial charge in [-0.3, -0.25) is 4.79 Å². The van der Waals surface area contributed by atoms with Crippen molar-refractivity contribution >= 4 is 35.1 Å². The number of hydrogen-bond donors (Lipinski definition) is 0. The lowest BCUT2D eigenvalue weighted by Crippen LogP contribution is -2.21. The molecule has 48 heavy (non-hydrogen) atoms. The molecule has 0 unspecified atom stereocenters. The molecule has 6 nitrogen and oxygen atoms in total. The Kier molecular flexibility index (Phi) is 9.03. The summed E-state index contributed by atoms with van der Waals surface area (Å²) in [6, 6.07) is 44.2. The number of benzene rings is 5. The van der Waals surface area contributed by atoms with Gasteiger partial charge in [-0.1, -0.05) is 96.1 Å². The number of aromatic nitrogens is 2. The molecule has 0 fully saturated rings. The summed E-state index contributed by atoms with van der Waals surface area (Å²) in [5.74, 6) is 1.10. The van der Waals surface area contributed by atoms with E-state index in [1.807, 2.05) is 102 Å². The van der Waals surface area contributed by atoms with E-state index in [1.165, 1.54) is 16.1 Å². The number of hydrazone groups is 1. The third-order valence-corrected chi connectivity index (χ3v) is 9.07. The molecule has 0 saturated carbocycles. The minimum Gasteiger partial charge on any atom is -0.489 e. The highest BCUT2D eigenvalue weighted by Gasteiger charge is 2.31. The summed E-state index contributed by atoms with van der Waals surface area (Å²) in [5, 5.41) is 11.4. The van der Waals surface area contributed by atoms with Crippen LogP contribution < -0.4 is 9.75 Å². The average Bonchev–Trinajstić information content (AvgIpc) is 3.69. The molecule has 1 aliphatic heterocycles. The molecular formula is C41H34N4O2S. The Morgan fingerprint density at radius 2 is 1.42 bits per heavy atom. The third kappa shape index (κ3) is 7.01. The van der Waals surface area contributed by atoms with E-state index < -0.39 is 0 Å². The summed E-state index contributed by atoms with van der Waals surface area (Å²) in [5.41, 5.74) is 8.84. The van der Waals surface area contributed by atoms with Crippen molar-refractivity contribution in [2.75, 3.05) is 10.8 Å². The number of anilines is 1. The number of carbonyl (C=O) groups is 1. The number of aryl methyl sites for hydroxylation is 2. The van der Waals surface area contributed by atoms with Crippen LogP contribution in [0.15, 0.2) is 155 Å². The second-order valence-electron chi connectivity index (χ2n) is 11.7. The van der Waals surface area contributed by atoms with Gasteiger partial charge in [-0.25, -0.2) is 4.68 Å². The Morgan fingerprint density at radius 3 is 2.12 bits per heavy atom. The van der Waals surface area contributed by atoms with Gasteiger partial charge in [0.2, 0.25) is 0 Å². The van der Waals surface area contributed by atoms with Crippen molar-refractivity contribution in [1.29, 1.82) is 0 Å². The molecule has 0 spiro atoms. The number of amides is 1. The van der Waals surface area contributed by atoms with Gasteiger partial charge in [-0.05, 0) is 74.0 Å². The molecule has 6 aromatic rings. The van der Waals surface area contributed by atoms with E-state index in [4.69, 9.17) is 14.9 Å². The van der Waals surface area contributed by atoms with Gasteiger partial charge in [0, 0.05) is 28.0 Å². The topological polar surface area (TPSA) is 59.7 Å². The van der Waals surface area contributed by atoms with Gasteiger partial charge in [0.05, 0.1) is 22.7 Å². The Bertz CT molecular complexity index is 2100. The van der Waals surface area contributed by atoms with Crippen LogP contribution in [0.25, 0.3) is 23.0 Å². The third-order valence-electron chi connectivity index (χ3n) is 8.05. The van der Waals surface area contributed by atoms with Crippen LogP contribution in [-0.4, -0.2) is 27.2 Å². The Hall–Kier alpha value is -5.66. The maximum atomic E-state index is 14.1. The van der Waals surface area contributed by atoms with E-state index in [0.717, 1.165) is 44.4 Å². The van der Waals surface area contributed by atoms with E-state index in [0.29, 0.717) is 23.6 Å². The summed E-state index contributed by atoms with van der Waals surface area (Å²) < 4.78 is 8.06. The molecule has 7 heteroatoms. The molecule has 0 aliphatic carbocycles. The average molecular weight is 647 g/mol. The fraction of sp³-hybridized carbons (Fsp3) is 0.0976.